The molecule has 1 aromatic carbocycles. The molecule has 0 spiro atoms. The summed E-state index contributed by atoms with van der Waals surface area (Å²) < 4.78 is 19.6. The van der Waals surface area contributed by atoms with Crippen LogP contribution in [-0.2, 0) is 0 Å². The average Bonchev–Trinajstić information content (AvgIpc) is 2.06. The van der Waals surface area contributed by atoms with E-state index in [0.717, 1.165) is 4.70 Å². The Kier molecular flexibility index (Phi) is 1.67. The van der Waals surface area contributed by atoms with Gasteiger partial charge < -0.3 is 0 Å². The predicted molar refractivity (Wildman–Crippen MR) is 46.0 cm³/mol. The molecule has 2 nitrogen and oxygen atoms in total. The molecule has 0 saturated heterocycles. The Morgan fingerprint density at radius 2 is 2.27 bits per heavy atom. The van der Waals surface area contributed by atoms with Crippen LogP contribution in [0.3, 0.4) is 0 Å². The van der Waals surface area contributed by atoms with Gasteiger partial charge >= 0.3 is 0 Å². The number of aromatic nitrogens is 2. The summed E-state index contributed by atoms with van der Waals surface area (Å²) in [6.45, 7) is 0. The number of hydrogen-bond donors (Lipinski definition) is 2. The van der Waals surface area contributed by atoms with Crippen molar-refractivity contribution in [3.05, 3.63) is 24.0 Å². The zero-order valence-corrected chi connectivity index (χ0v) is 7.06. The second-order valence-electron chi connectivity index (χ2n) is 2.00. The van der Waals surface area contributed by atoms with Gasteiger partial charge in [-0.05, 0) is 23.7 Å². The quantitative estimate of drug-likeness (QED) is 0.637. The number of aromatic amines is 2. The summed E-state index contributed by atoms with van der Waals surface area (Å²) in [5, 5.41) is 0. The number of rotatable bonds is 0. The van der Waals surface area contributed by atoms with E-state index in [1.165, 1.54) is 29.3 Å². The average molecular weight is 188 g/mol. The molecule has 0 amide bonds. The Morgan fingerprint density at radius 3 is 3.09 bits per heavy atom. The summed E-state index contributed by atoms with van der Waals surface area (Å²) in [7, 11) is 0. The fraction of sp³-hybridized carbons (Fsp3) is 0. The van der Waals surface area contributed by atoms with Crippen molar-refractivity contribution in [2.24, 2.45) is 0 Å². The van der Waals surface area contributed by atoms with Gasteiger partial charge in [0.1, 0.15) is 11.3 Å². The van der Waals surface area contributed by atoms with Gasteiger partial charge in [-0.1, -0.05) is 6.07 Å². The van der Waals surface area contributed by atoms with Crippen LogP contribution in [0, 0.1) is 5.82 Å². The number of fused-ring (bicyclic) bond motifs is 1. The summed E-state index contributed by atoms with van der Waals surface area (Å²) in [6, 6.07) is 5.00. The van der Waals surface area contributed by atoms with E-state index in [-0.39, 0.29) is 5.82 Å². The minimum absolute atomic E-state index is 0.205. The maximum Gasteiger partial charge on any atom is 0.148 e. The standard InChI is InChI=1S/C6H5FN2S2/c7-4-2-1-3-5-6(4)8-11-9-10-5/h1-3,8-9H. The third-order valence-electron chi connectivity index (χ3n) is 1.32. The maximum atomic E-state index is 13.0. The number of H-pyrrole nitrogens is 2. The fourth-order valence-electron chi connectivity index (χ4n) is 0.826. The van der Waals surface area contributed by atoms with E-state index in [0.29, 0.717) is 5.52 Å². The number of nitrogens with one attached hydrogen (secondary N) is 2. The van der Waals surface area contributed by atoms with Gasteiger partial charge in [-0.15, -0.1) is 0 Å². The van der Waals surface area contributed by atoms with Gasteiger partial charge in [0.2, 0.25) is 0 Å². The molecule has 5 heteroatoms. The zero-order chi connectivity index (χ0) is 7.68. The molecule has 0 fully saturated rings. The van der Waals surface area contributed by atoms with Gasteiger partial charge in [-0.3, -0.25) is 8.14 Å². The first-order valence-electron chi connectivity index (χ1n) is 3.00. The van der Waals surface area contributed by atoms with Crippen molar-refractivity contribution in [3.63, 3.8) is 0 Å². The van der Waals surface area contributed by atoms with Crippen molar-refractivity contribution in [1.82, 2.24) is 8.14 Å². The van der Waals surface area contributed by atoms with Crippen LogP contribution in [0.5, 0.6) is 0 Å². The predicted octanol–water partition coefficient (Wildman–Crippen LogP) is 2.88. The van der Waals surface area contributed by atoms with Crippen LogP contribution in [0.2, 0.25) is 0 Å². The second-order valence-corrected chi connectivity index (χ2v) is 3.72. The van der Waals surface area contributed by atoms with Gasteiger partial charge in [0, 0.05) is 11.7 Å². The number of halogens is 1. The van der Waals surface area contributed by atoms with E-state index in [4.69, 9.17) is 0 Å². The van der Waals surface area contributed by atoms with Crippen LogP contribution in [0.4, 0.5) is 4.39 Å². The summed E-state index contributed by atoms with van der Waals surface area (Å²) in [5.41, 5.74) is 0.571. The highest BCUT2D eigenvalue weighted by molar-refractivity contribution is 7.20. The number of benzene rings is 1. The summed E-state index contributed by atoms with van der Waals surface area (Å²) >= 11 is 2.69. The SMILES string of the molecule is Fc1cccc2s[nH]s[nH]c12. The van der Waals surface area contributed by atoms with E-state index in [9.17, 15) is 4.39 Å². The van der Waals surface area contributed by atoms with Gasteiger partial charge in [-0.25, -0.2) is 4.39 Å². The molecule has 0 aliphatic heterocycles. The lowest BCUT2D eigenvalue weighted by Gasteiger charge is -1.95. The van der Waals surface area contributed by atoms with Crippen LogP contribution in [0.1, 0.15) is 0 Å². The first kappa shape index (κ1) is 6.87. The van der Waals surface area contributed by atoms with Crippen LogP contribution in [0.25, 0.3) is 10.2 Å². The van der Waals surface area contributed by atoms with E-state index in [1.807, 2.05) is 6.07 Å². The normalized spacial score (nSPS) is 10.3. The molecule has 0 aliphatic carbocycles. The lowest BCUT2D eigenvalue weighted by atomic mass is 10.3. The molecule has 0 aliphatic rings. The van der Waals surface area contributed by atoms with Crippen LogP contribution in [-0.4, -0.2) is 8.14 Å². The van der Waals surface area contributed by atoms with Crippen molar-refractivity contribution in [2.75, 3.05) is 0 Å². The highest BCUT2D eigenvalue weighted by atomic mass is 32.2. The van der Waals surface area contributed by atoms with E-state index >= 15 is 0 Å². The van der Waals surface area contributed by atoms with E-state index < -0.39 is 0 Å². The second kappa shape index (κ2) is 2.67. The molecule has 2 N–H and O–H groups in total. The fourth-order valence-corrected chi connectivity index (χ4v) is 2.29. The first-order valence-corrected chi connectivity index (χ1v) is 4.63. The minimum atomic E-state index is -0.205. The Bertz CT molecular complexity index is 388. The van der Waals surface area contributed by atoms with Gasteiger partial charge in [0.05, 0.1) is 4.70 Å². The van der Waals surface area contributed by atoms with Crippen LogP contribution in [0.15, 0.2) is 18.2 Å². The van der Waals surface area contributed by atoms with Crippen LogP contribution < -0.4 is 0 Å². The van der Waals surface area contributed by atoms with E-state index in [2.05, 4.69) is 8.14 Å². The Balaban J connectivity index is 2.91. The summed E-state index contributed by atoms with van der Waals surface area (Å²) in [5.74, 6) is -0.205. The molecule has 0 bridgehead atoms. The lowest BCUT2D eigenvalue weighted by Crippen LogP contribution is -1.78. The minimum Gasteiger partial charge on any atom is -0.292 e. The largest absolute Gasteiger partial charge is 0.292 e. The topological polar surface area (TPSA) is 31.6 Å². The van der Waals surface area contributed by atoms with Gasteiger partial charge in [-0.2, -0.15) is 0 Å². The molecule has 2 rings (SSSR count). The van der Waals surface area contributed by atoms with E-state index in [1.54, 1.807) is 6.07 Å². The monoisotopic (exact) mass is 188 g/mol. The number of hydrogen-bond acceptors (Lipinski definition) is 2. The Labute approximate surface area is 70.4 Å². The molecule has 0 atom stereocenters. The summed E-state index contributed by atoms with van der Waals surface area (Å²) in [4.78, 5) is 0. The Morgan fingerprint density at radius 1 is 1.36 bits per heavy atom. The first-order chi connectivity index (χ1) is 5.38. The third-order valence-corrected chi connectivity index (χ3v) is 2.85. The molecule has 1 aromatic heterocycles. The molecule has 0 unspecified atom stereocenters. The maximum absolute atomic E-state index is 13.0. The molecule has 58 valence electrons. The third kappa shape index (κ3) is 1.17. The highest BCUT2D eigenvalue weighted by Gasteiger charge is 1.97. The molecule has 11 heavy (non-hydrogen) atoms. The molecular weight excluding hydrogens is 183 g/mol. The lowest BCUT2D eigenvalue weighted by molar-refractivity contribution is 0.638. The molecule has 2 aromatic rings. The molecule has 0 radical (unpaired) electrons. The molecular formula is C6H5FN2S2. The Hall–Kier alpha value is -0.810. The van der Waals surface area contributed by atoms with Crippen LogP contribution >= 0.6 is 23.3 Å². The molecule has 0 saturated carbocycles. The van der Waals surface area contributed by atoms with Gasteiger partial charge in [0.15, 0.2) is 0 Å². The summed E-state index contributed by atoms with van der Waals surface area (Å²) in [6.07, 6.45) is 0. The van der Waals surface area contributed by atoms with Crippen molar-refractivity contribution < 1.29 is 4.39 Å². The van der Waals surface area contributed by atoms with Crippen molar-refractivity contribution >= 4 is 33.5 Å². The van der Waals surface area contributed by atoms with Gasteiger partial charge in [0.25, 0.3) is 0 Å². The molecule has 1 heterocycles. The highest BCUT2D eigenvalue weighted by Crippen LogP contribution is 2.17. The van der Waals surface area contributed by atoms with Crippen molar-refractivity contribution in [2.45, 2.75) is 0 Å². The van der Waals surface area contributed by atoms with Crippen molar-refractivity contribution in [1.29, 1.82) is 0 Å². The van der Waals surface area contributed by atoms with Crippen molar-refractivity contribution in [3.8, 4) is 0 Å². The smallest absolute Gasteiger partial charge is 0.148 e. The number of para-hydroxylation sites is 1. The zero-order valence-electron chi connectivity index (χ0n) is 5.43.